The molecule has 1 atom stereocenters. The predicted molar refractivity (Wildman–Crippen MR) is 208 cm³/mol. The minimum absolute atomic E-state index is 0.197. The van der Waals surface area contributed by atoms with Crippen molar-refractivity contribution >= 4 is 12.2 Å². The summed E-state index contributed by atoms with van der Waals surface area (Å²) in [7, 11) is 0. The highest BCUT2D eigenvalue weighted by Crippen LogP contribution is 2.43. The zero-order valence-corrected chi connectivity index (χ0v) is 30.4. The molecule has 2 N–H and O–H groups in total. The van der Waals surface area contributed by atoms with Crippen molar-refractivity contribution in [2.75, 3.05) is 0 Å². The van der Waals surface area contributed by atoms with Crippen LogP contribution in [0, 0.1) is 6.92 Å². The molecule has 0 spiro atoms. The van der Waals surface area contributed by atoms with E-state index < -0.39 is 0 Å². The molecule has 4 aromatic carbocycles. The third-order valence-electron chi connectivity index (χ3n) is 10.5. The van der Waals surface area contributed by atoms with Gasteiger partial charge in [0.1, 0.15) is 0 Å². The second-order valence-corrected chi connectivity index (χ2v) is 13.8. The lowest BCUT2D eigenvalue weighted by molar-refractivity contribution is 0.635. The second-order valence-electron chi connectivity index (χ2n) is 13.8. The van der Waals surface area contributed by atoms with Gasteiger partial charge in [-0.15, -0.1) is 6.58 Å². The van der Waals surface area contributed by atoms with E-state index in [0.717, 1.165) is 32.1 Å². The van der Waals surface area contributed by atoms with E-state index in [9.17, 15) is 0 Å². The van der Waals surface area contributed by atoms with Crippen molar-refractivity contribution in [2.45, 2.75) is 105 Å². The Labute approximate surface area is 286 Å². The van der Waals surface area contributed by atoms with Crippen LogP contribution in [-0.2, 0) is 43.1 Å². The van der Waals surface area contributed by atoms with Crippen LogP contribution in [0.3, 0.4) is 0 Å². The molecule has 0 aromatic heterocycles. The first kappa shape index (κ1) is 35.9. The first-order chi connectivity index (χ1) is 22.5. The largest absolute Gasteiger partial charge is 0.326 e. The fraction of sp³-hybridized carbons (Fsp3) is 0.348. The SMILES string of the molecule is C=CCc1cc(CCC)cc(C(C)(c2ccc(C(C)(C)c3cc(/C=C/C)c(C)c(CN)c3)cc2)c2cc(CC)c(C=C)c(CC)c2)c1. The summed E-state index contributed by atoms with van der Waals surface area (Å²) < 4.78 is 0. The van der Waals surface area contributed by atoms with E-state index in [-0.39, 0.29) is 10.8 Å². The first-order valence-corrected chi connectivity index (χ1v) is 17.6. The van der Waals surface area contributed by atoms with Gasteiger partial charge in [-0.2, -0.15) is 0 Å². The highest BCUT2D eigenvalue weighted by Gasteiger charge is 2.34. The second kappa shape index (κ2) is 15.3. The number of benzene rings is 4. The molecule has 0 fully saturated rings. The summed E-state index contributed by atoms with van der Waals surface area (Å²) >= 11 is 0. The molecular weight excluding hydrogens is 567 g/mol. The van der Waals surface area contributed by atoms with Crippen molar-refractivity contribution in [1.29, 1.82) is 0 Å². The fourth-order valence-corrected chi connectivity index (χ4v) is 7.29. The van der Waals surface area contributed by atoms with Gasteiger partial charge in [0, 0.05) is 17.4 Å². The summed E-state index contributed by atoms with van der Waals surface area (Å²) in [5.41, 5.74) is 22.7. The monoisotopic (exact) mass is 623 g/mol. The van der Waals surface area contributed by atoms with E-state index in [0.29, 0.717) is 6.54 Å². The van der Waals surface area contributed by atoms with Gasteiger partial charge in [-0.25, -0.2) is 0 Å². The maximum absolute atomic E-state index is 6.23. The smallest absolute Gasteiger partial charge is 0.0423 e. The molecule has 0 amide bonds. The van der Waals surface area contributed by atoms with Gasteiger partial charge in [0.05, 0.1) is 0 Å². The van der Waals surface area contributed by atoms with Gasteiger partial charge in [-0.3, -0.25) is 0 Å². The van der Waals surface area contributed by atoms with Crippen LogP contribution < -0.4 is 5.73 Å². The normalized spacial score (nSPS) is 13.1. The van der Waals surface area contributed by atoms with Gasteiger partial charge < -0.3 is 5.73 Å². The molecule has 1 nitrogen and oxygen atoms in total. The molecule has 4 rings (SSSR count). The maximum Gasteiger partial charge on any atom is 0.0423 e. The molecule has 0 aliphatic carbocycles. The Morgan fingerprint density at radius 3 is 1.81 bits per heavy atom. The van der Waals surface area contributed by atoms with Gasteiger partial charge >= 0.3 is 0 Å². The minimum Gasteiger partial charge on any atom is -0.326 e. The summed E-state index contributed by atoms with van der Waals surface area (Å²) in [5, 5.41) is 0. The molecule has 0 bridgehead atoms. The van der Waals surface area contributed by atoms with E-state index in [1.807, 2.05) is 12.2 Å². The highest BCUT2D eigenvalue weighted by molar-refractivity contribution is 5.62. The Morgan fingerprint density at radius 1 is 0.702 bits per heavy atom. The van der Waals surface area contributed by atoms with Crippen LogP contribution >= 0.6 is 0 Å². The molecule has 246 valence electrons. The molecule has 0 heterocycles. The average Bonchev–Trinajstić information content (AvgIpc) is 3.08. The maximum atomic E-state index is 6.23. The van der Waals surface area contributed by atoms with E-state index >= 15 is 0 Å². The zero-order valence-electron chi connectivity index (χ0n) is 30.4. The Morgan fingerprint density at radius 2 is 1.28 bits per heavy atom. The van der Waals surface area contributed by atoms with Gasteiger partial charge in [0.15, 0.2) is 0 Å². The summed E-state index contributed by atoms with van der Waals surface area (Å²) in [6.45, 7) is 26.9. The number of allylic oxidation sites excluding steroid dienone is 2. The van der Waals surface area contributed by atoms with Gasteiger partial charge in [0.2, 0.25) is 0 Å². The Bertz CT molecular complexity index is 1720. The van der Waals surface area contributed by atoms with E-state index in [4.69, 9.17) is 5.73 Å². The van der Waals surface area contributed by atoms with Gasteiger partial charge in [-0.05, 0) is 119 Å². The zero-order chi connectivity index (χ0) is 34.4. The molecule has 0 aliphatic heterocycles. The Balaban J connectivity index is 1.97. The molecule has 1 heteroatoms. The third-order valence-corrected chi connectivity index (χ3v) is 10.5. The van der Waals surface area contributed by atoms with Crippen LogP contribution in [0.25, 0.3) is 12.2 Å². The van der Waals surface area contributed by atoms with Crippen LogP contribution in [0.4, 0.5) is 0 Å². The van der Waals surface area contributed by atoms with Crippen LogP contribution in [0.2, 0.25) is 0 Å². The van der Waals surface area contributed by atoms with Crippen molar-refractivity contribution in [3.63, 3.8) is 0 Å². The summed E-state index contributed by atoms with van der Waals surface area (Å²) in [5.74, 6) is 0. The van der Waals surface area contributed by atoms with Crippen molar-refractivity contribution in [3.8, 4) is 0 Å². The molecule has 1 unspecified atom stereocenters. The number of rotatable bonds is 14. The van der Waals surface area contributed by atoms with Crippen LogP contribution in [0.5, 0.6) is 0 Å². The average molecular weight is 624 g/mol. The Hall–Kier alpha value is -3.94. The predicted octanol–water partition coefficient (Wildman–Crippen LogP) is 11.6. The van der Waals surface area contributed by atoms with Gasteiger partial charge in [-0.1, -0.05) is 139 Å². The molecule has 0 aliphatic rings. The van der Waals surface area contributed by atoms with Crippen LogP contribution in [0.15, 0.2) is 92.0 Å². The molecular formula is C46H57N. The quantitative estimate of drug-likeness (QED) is 0.110. The summed E-state index contributed by atoms with van der Waals surface area (Å²) in [4.78, 5) is 0. The summed E-state index contributed by atoms with van der Waals surface area (Å²) in [6.07, 6.45) is 13.4. The van der Waals surface area contributed by atoms with Crippen molar-refractivity contribution in [1.82, 2.24) is 0 Å². The highest BCUT2D eigenvalue weighted by atomic mass is 14.5. The number of hydrogen-bond donors (Lipinski definition) is 1. The lowest BCUT2D eigenvalue weighted by atomic mass is 9.68. The van der Waals surface area contributed by atoms with E-state index in [2.05, 4.69) is 147 Å². The van der Waals surface area contributed by atoms with E-state index in [1.54, 1.807) is 0 Å². The van der Waals surface area contributed by atoms with Crippen molar-refractivity contribution in [2.24, 2.45) is 5.73 Å². The molecule has 0 radical (unpaired) electrons. The standard InChI is InChI=1S/C46H57N/c1-11-17-33-24-34(18-12-2)26-42(25-33)46(10,43-27-35(14-4)44(16-6)36(15-5)28-43)40-22-20-39(21-23-40)45(8,9)41-29-37(19-13-3)32(7)38(30-41)31-47/h11,13,16,19-30H,1,6,12,14-15,17-18,31,47H2,2-5,7-10H3/b19-13+. The van der Waals surface area contributed by atoms with E-state index in [1.165, 1.54) is 72.3 Å². The number of nitrogens with two attached hydrogens (primary N) is 1. The number of hydrogen-bond acceptors (Lipinski definition) is 1. The van der Waals surface area contributed by atoms with Crippen molar-refractivity contribution < 1.29 is 0 Å². The van der Waals surface area contributed by atoms with Crippen LogP contribution in [-0.4, -0.2) is 0 Å². The first-order valence-electron chi connectivity index (χ1n) is 17.6. The Kier molecular flexibility index (Phi) is 11.7. The van der Waals surface area contributed by atoms with Gasteiger partial charge in [0.25, 0.3) is 0 Å². The lowest BCUT2D eigenvalue weighted by Gasteiger charge is -2.35. The number of aryl methyl sites for hydroxylation is 3. The molecule has 0 saturated heterocycles. The lowest BCUT2D eigenvalue weighted by Crippen LogP contribution is -2.27. The molecule has 0 saturated carbocycles. The van der Waals surface area contributed by atoms with Crippen LogP contribution in [0.1, 0.15) is 127 Å². The minimum atomic E-state index is -0.356. The molecule has 4 aromatic rings. The topological polar surface area (TPSA) is 26.0 Å². The molecule has 47 heavy (non-hydrogen) atoms. The summed E-state index contributed by atoms with van der Waals surface area (Å²) in [6, 6.07) is 26.2. The third kappa shape index (κ3) is 7.16. The fourth-order valence-electron chi connectivity index (χ4n) is 7.29. The van der Waals surface area contributed by atoms with Crippen molar-refractivity contribution in [3.05, 3.63) is 164 Å².